The molecule has 0 saturated carbocycles. The molecule has 0 amide bonds. The molecule has 4 nitrogen and oxygen atoms in total. The lowest BCUT2D eigenvalue weighted by atomic mass is 10.4. The molecule has 1 atom stereocenters. The molecule has 0 aliphatic carbocycles. The summed E-state index contributed by atoms with van der Waals surface area (Å²) < 4.78 is 28.2. The van der Waals surface area contributed by atoms with Crippen LogP contribution in [0.2, 0.25) is 0 Å². The number of aliphatic hydroxyl groups is 1. The van der Waals surface area contributed by atoms with Gasteiger partial charge in [0.15, 0.2) is 5.44 Å². The number of hydrogen-bond donors (Lipinski definition) is 2. The highest BCUT2D eigenvalue weighted by Gasteiger charge is 2.17. The molecule has 2 N–H and O–H groups in total. The Labute approximate surface area is 54.3 Å². The lowest BCUT2D eigenvalue weighted by molar-refractivity contribution is 0.222. The van der Waals surface area contributed by atoms with E-state index in [-0.39, 0.29) is 6.42 Å². The zero-order chi connectivity index (χ0) is 7.49. The summed E-state index contributed by atoms with van der Waals surface area (Å²) in [5.41, 5.74) is -1.61. The summed E-state index contributed by atoms with van der Waals surface area (Å²) in [7, 11) is -4.21. The summed E-state index contributed by atoms with van der Waals surface area (Å²) in [6.07, 6.45) is 0.611. The van der Waals surface area contributed by atoms with Gasteiger partial charge in [-0.05, 0) is 6.42 Å². The van der Waals surface area contributed by atoms with E-state index in [0.29, 0.717) is 6.42 Å². The van der Waals surface area contributed by atoms with Crippen LogP contribution in [0.1, 0.15) is 19.8 Å². The van der Waals surface area contributed by atoms with Gasteiger partial charge in [-0.25, -0.2) is 0 Å². The van der Waals surface area contributed by atoms with Crippen LogP contribution in [-0.2, 0) is 10.1 Å². The van der Waals surface area contributed by atoms with E-state index in [0.717, 1.165) is 0 Å². The van der Waals surface area contributed by atoms with Crippen molar-refractivity contribution in [2.45, 2.75) is 25.2 Å². The standard InChI is InChI=1S/C4H10O4S/c1-2-3-4(5)9(6,7)8/h4-5H,2-3H2,1H3,(H,6,7,8)/t4-/m0/s1. The van der Waals surface area contributed by atoms with Crippen molar-refractivity contribution >= 4 is 10.1 Å². The zero-order valence-corrected chi connectivity index (χ0v) is 5.93. The van der Waals surface area contributed by atoms with Crippen molar-refractivity contribution < 1.29 is 18.1 Å². The van der Waals surface area contributed by atoms with Crippen molar-refractivity contribution in [3.8, 4) is 0 Å². The maximum Gasteiger partial charge on any atom is 0.291 e. The number of hydrogen-bond acceptors (Lipinski definition) is 3. The number of rotatable bonds is 3. The molecular weight excluding hydrogens is 144 g/mol. The third kappa shape index (κ3) is 3.45. The second-order valence-corrected chi connectivity index (χ2v) is 3.33. The third-order valence-electron chi connectivity index (χ3n) is 0.879. The Bertz CT molecular complexity index is 159. The van der Waals surface area contributed by atoms with Crippen molar-refractivity contribution in [2.75, 3.05) is 0 Å². The largest absolute Gasteiger partial charge is 0.375 e. The van der Waals surface area contributed by atoms with Crippen molar-refractivity contribution in [2.24, 2.45) is 0 Å². The van der Waals surface area contributed by atoms with E-state index in [1.165, 1.54) is 0 Å². The van der Waals surface area contributed by atoms with Crippen LogP contribution >= 0.6 is 0 Å². The quantitative estimate of drug-likeness (QED) is 0.561. The topological polar surface area (TPSA) is 74.6 Å². The van der Waals surface area contributed by atoms with Crippen LogP contribution in [0.15, 0.2) is 0 Å². The van der Waals surface area contributed by atoms with Crippen molar-refractivity contribution in [3.05, 3.63) is 0 Å². The summed E-state index contributed by atoms with van der Waals surface area (Å²) in [6, 6.07) is 0. The highest BCUT2D eigenvalue weighted by Crippen LogP contribution is 2.01. The van der Waals surface area contributed by atoms with Gasteiger partial charge in [0, 0.05) is 0 Å². The normalized spacial score (nSPS) is 15.4. The molecule has 0 fully saturated rings. The van der Waals surface area contributed by atoms with Gasteiger partial charge in [0.2, 0.25) is 0 Å². The van der Waals surface area contributed by atoms with Gasteiger partial charge < -0.3 is 5.11 Å². The van der Waals surface area contributed by atoms with Crippen LogP contribution in [-0.4, -0.2) is 23.5 Å². The first-order valence-corrected chi connectivity index (χ1v) is 4.13. The molecule has 0 aromatic carbocycles. The van der Waals surface area contributed by atoms with E-state index >= 15 is 0 Å². The first-order valence-electron chi connectivity index (χ1n) is 2.63. The van der Waals surface area contributed by atoms with Gasteiger partial charge in [0.25, 0.3) is 10.1 Å². The number of aliphatic hydroxyl groups excluding tert-OH is 1. The Kier molecular flexibility index (Phi) is 3.10. The van der Waals surface area contributed by atoms with Crippen molar-refractivity contribution in [1.82, 2.24) is 0 Å². The fourth-order valence-electron chi connectivity index (χ4n) is 0.396. The molecule has 0 bridgehead atoms. The molecule has 0 aliphatic rings. The monoisotopic (exact) mass is 154 g/mol. The first-order chi connectivity index (χ1) is 3.98. The Morgan fingerprint density at radius 1 is 1.56 bits per heavy atom. The molecule has 0 aromatic rings. The van der Waals surface area contributed by atoms with E-state index in [4.69, 9.17) is 9.66 Å². The predicted molar refractivity (Wildman–Crippen MR) is 32.5 cm³/mol. The fourth-order valence-corrected chi connectivity index (χ4v) is 0.929. The Balaban J connectivity index is 3.90. The second-order valence-electron chi connectivity index (χ2n) is 1.76. The van der Waals surface area contributed by atoms with E-state index < -0.39 is 15.6 Å². The summed E-state index contributed by atoms with van der Waals surface area (Å²) in [5.74, 6) is 0. The zero-order valence-electron chi connectivity index (χ0n) is 5.11. The molecular formula is C4H10O4S. The Morgan fingerprint density at radius 3 is 2.11 bits per heavy atom. The third-order valence-corrected chi connectivity index (χ3v) is 1.80. The molecule has 0 saturated heterocycles. The maximum atomic E-state index is 10.0. The predicted octanol–water partition coefficient (Wildman–Crippen LogP) is -0.00730. The lowest BCUT2D eigenvalue weighted by Gasteiger charge is -2.02. The van der Waals surface area contributed by atoms with Crippen molar-refractivity contribution in [1.29, 1.82) is 0 Å². The van der Waals surface area contributed by atoms with Crippen LogP contribution < -0.4 is 0 Å². The van der Waals surface area contributed by atoms with Gasteiger partial charge in [-0.1, -0.05) is 13.3 Å². The smallest absolute Gasteiger partial charge is 0.291 e. The molecule has 0 rings (SSSR count). The average molecular weight is 154 g/mol. The van der Waals surface area contributed by atoms with Crippen molar-refractivity contribution in [3.63, 3.8) is 0 Å². The van der Waals surface area contributed by atoms with E-state index in [1.807, 2.05) is 0 Å². The molecule has 56 valence electrons. The van der Waals surface area contributed by atoms with Crippen LogP contribution in [0.4, 0.5) is 0 Å². The van der Waals surface area contributed by atoms with Crippen LogP contribution in [0.3, 0.4) is 0 Å². The van der Waals surface area contributed by atoms with Gasteiger partial charge in [0.1, 0.15) is 0 Å². The SMILES string of the molecule is CCC[C@@H](O)S(=O)(=O)O. The molecule has 0 aromatic heterocycles. The van der Waals surface area contributed by atoms with Gasteiger partial charge in [0.05, 0.1) is 0 Å². The second kappa shape index (κ2) is 3.14. The Hall–Kier alpha value is -0.130. The summed E-state index contributed by atoms with van der Waals surface area (Å²) in [4.78, 5) is 0. The summed E-state index contributed by atoms with van der Waals surface area (Å²) in [6.45, 7) is 1.72. The fraction of sp³-hybridized carbons (Fsp3) is 1.00. The summed E-state index contributed by atoms with van der Waals surface area (Å²) in [5, 5.41) is 8.55. The minimum atomic E-state index is -4.21. The summed E-state index contributed by atoms with van der Waals surface area (Å²) >= 11 is 0. The van der Waals surface area contributed by atoms with Gasteiger partial charge in [-0.2, -0.15) is 8.42 Å². The van der Waals surface area contributed by atoms with Gasteiger partial charge in [-0.3, -0.25) is 4.55 Å². The van der Waals surface area contributed by atoms with Crippen LogP contribution in [0, 0.1) is 0 Å². The minimum Gasteiger partial charge on any atom is -0.375 e. The molecule has 0 heterocycles. The molecule has 0 unspecified atom stereocenters. The van der Waals surface area contributed by atoms with E-state index in [2.05, 4.69) is 0 Å². The van der Waals surface area contributed by atoms with E-state index in [1.54, 1.807) is 6.92 Å². The average Bonchev–Trinajstić information content (AvgIpc) is 1.64. The molecule has 9 heavy (non-hydrogen) atoms. The maximum absolute atomic E-state index is 10.0. The Morgan fingerprint density at radius 2 is 2.00 bits per heavy atom. The highest BCUT2D eigenvalue weighted by molar-refractivity contribution is 7.86. The van der Waals surface area contributed by atoms with Gasteiger partial charge >= 0.3 is 0 Å². The minimum absolute atomic E-state index is 0.0822. The molecule has 0 radical (unpaired) electrons. The van der Waals surface area contributed by atoms with Gasteiger partial charge in [-0.15, -0.1) is 0 Å². The highest BCUT2D eigenvalue weighted by atomic mass is 32.2. The lowest BCUT2D eigenvalue weighted by Crippen LogP contribution is -2.18. The van der Waals surface area contributed by atoms with Crippen LogP contribution in [0.5, 0.6) is 0 Å². The van der Waals surface area contributed by atoms with Crippen LogP contribution in [0.25, 0.3) is 0 Å². The molecule has 5 heteroatoms. The first kappa shape index (κ1) is 8.87. The molecule has 0 spiro atoms. The van der Waals surface area contributed by atoms with E-state index in [9.17, 15) is 8.42 Å². The molecule has 0 aliphatic heterocycles.